The first-order valence-corrected chi connectivity index (χ1v) is 10.9. The first kappa shape index (κ1) is 21.8. The van der Waals surface area contributed by atoms with Gasteiger partial charge in [-0.3, -0.25) is 9.78 Å². The van der Waals surface area contributed by atoms with E-state index in [1.165, 1.54) is 0 Å². The lowest BCUT2D eigenvalue weighted by molar-refractivity contribution is -0.143. The summed E-state index contributed by atoms with van der Waals surface area (Å²) >= 11 is 5.65. The predicted molar refractivity (Wildman–Crippen MR) is 126 cm³/mol. The largest absolute Gasteiger partial charge is 0.497 e. The normalized spacial score (nSPS) is 17.8. The number of nitrogens with zero attached hydrogens (tertiary/aromatic N) is 3. The number of carbonyl (C=O) groups is 1. The molecule has 1 N–H and O–H groups in total. The van der Waals surface area contributed by atoms with Crippen molar-refractivity contribution in [1.29, 1.82) is 0 Å². The van der Waals surface area contributed by atoms with Gasteiger partial charge in [0.15, 0.2) is 5.11 Å². The van der Waals surface area contributed by atoms with Crippen LogP contribution >= 0.6 is 12.2 Å². The first-order chi connectivity index (χ1) is 15.5. The minimum Gasteiger partial charge on any atom is -0.497 e. The Morgan fingerprint density at radius 3 is 2.59 bits per heavy atom. The number of methoxy groups -OCH3 is 1. The van der Waals surface area contributed by atoms with Gasteiger partial charge in [-0.05, 0) is 74.6 Å². The minimum absolute atomic E-state index is 0.0561. The fourth-order valence-electron chi connectivity index (χ4n) is 4.12. The van der Waals surface area contributed by atoms with E-state index in [-0.39, 0.29) is 24.6 Å². The summed E-state index contributed by atoms with van der Waals surface area (Å²) in [6.07, 6.45) is 1.76. The molecule has 0 spiro atoms. The van der Waals surface area contributed by atoms with Crippen molar-refractivity contribution < 1.29 is 14.3 Å². The molecular weight excluding hydrogens is 424 g/mol. The molecule has 1 aliphatic heterocycles. The lowest BCUT2D eigenvalue weighted by atomic mass is 10.0. The van der Waals surface area contributed by atoms with Crippen molar-refractivity contribution in [3.05, 3.63) is 77.9 Å². The number of hydrogen-bond donors (Lipinski definition) is 1. The maximum atomic E-state index is 12.4. The highest BCUT2D eigenvalue weighted by molar-refractivity contribution is 7.80. The number of benzene rings is 1. The molecule has 32 heavy (non-hydrogen) atoms. The molecule has 166 valence electrons. The van der Waals surface area contributed by atoms with Crippen molar-refractivity contribution in [3.63, 3.8) is 0 Å². The molecule has 0 unspecified atom stereocenters. The van der Waals surface area contributed by atoms with Crippen molar-refractivity contribution in [1.82, 2.24) is 19.8 Å². The van der Waals surface area contributed by atoms with Crippen LogP contribution in [0.4, 0.5) is 0 Å². The third-order valence-electron chi connectivity index (χ3n) is 5.54. The number of aromatic nitrogens is 2. The Hall–Kier alpha value is -3.39. The second-order valence-electron chi connectivity index (χ2n) is 7.49. The molecule has 4 rings (SSSR count). The Kier molecular flexibility index (Phi) is 6.41. The van der Waals surface area contributed by atoms with Crippen LogP contribution in [0.5, 0.6) is 5.75 Å². The van der Waals surface area contributed by atoms with Crippen LogP contribution in [0.3, 0.4) is 0 Å². The Labute approximate surface area is 193 Å². The maximum Gasteiger partial charge on any atom is 0.325 e. The standard InChI is InChI=1S/C24H26N4O3S/c1-4-31-21(29)15-27-23(22(26-24(27)32)19-7-5-6-14-25-19)20-13-8-16(2)28(20)17-9-11-18(30-3)12-10-17/h5-14,22-23H,4,15H2,1-3H3,(H,26,32)/t22-,23+/m0/s1. The van der Waals surface area contributed by atoms with Crippen LogP contribution < -0.4 is 10.1 Å². The number of carbonyl (C=O) groups excluding carboxylic acids is 1. The number of rotatable bonds is 7. The van der Waals surface area contributed by atoms with Crippen LogP contribution in [0.1, 0.15) is 36.1 Å². The van der Waals surface area contributed by atoms with Crippen LogP contribution in [0.15, 0.2) is 60.8 Å². The number of ether oxygens (including phenoxy) is 2. The van der Waals surface area contributed by atoms with Gasteiger partial charge < -0.3 is 24.3 Å². The summed E-state index contributed by atoms with van der Waals surface area (Å²) in [6, 6.07) is 17.4. The first-order valence-electron chi connectivity index (χ1n) is 10.5. The van der Waals surface area contributed by atoms with E-state index >= 15 is 0 Å². The third-order valence-corrected chi connectivity index (χ3v) is 5.89. The summed E-state index contributed by atoms with van der Waals surface area (Å²) < 4.78 is 12.7. The van der Waals surface area contributed by atoms with E-state index in [0.717, 1.165) is 28.5 Å². The SMILES string of the molecule is CCOC(=O)CN1C(=S)N[C@@H](c2ccccn2)[C@H]1c1ccc(C)n1-c1ccc(OC)cc1. The molecular formula is C24H26N4O3S. The van der Waals surface area contributed by atoms with E-state index < -0.39 is 0 Å². The second kappa shape index (κ2) is 9.40. The lowest BCUT2D eigenvalue weighted by Crippen LogP contribution is -2.36. The summed E-state index contributed by atoms with van der Waals surface area (Å²) in [5.74, 6) is 0.474. The number of thiocarbonyl (C=S) groups is 1. The molecule has 8 heteroatoms. The molecule has 1 saturated heterocycles. The van der Waals surface area contributed by atoms with E-state index in [2.05, 4.69) is 33.9 Å². The van der Waals surface area contributed by atoms with Crippen molar-refractivity contribution in [2.45, 2.75) is 25.9 Å². The van der Waals surface area contributed by atoms with Gasteiger partial charge in [-0.2, -0.15) is 0 Å². The zero-order valence-electron chi connectivity index (χ0n) is 18.3. The average molecular weight is 451 g/mol. The molecule has 2 atom stereocenters. The van der Waals surface area contributed by atoms with Gasteiger partial charge in [0.25, 0.3) is 0 Å². The molecule has 2 aromatic heterocycles. The minimum atomic E-state index is -0.317. The molecule has 0 saturated carbocycles. The molecule has 3 aromatic rings. The van der Waals surface area contributed by atoms with E-state index in [1.807, 2.05) is 47.4 Å². The van der Waals surface area contributed by atoms with Gasteiger partial charge in [0, 0.05) is 23.3 Å². The molecule has 1 fully saturated rings. The highest BCUT2D eigenvalue weighted by Crippen LogP contribution is 2.40. The molecule has 3 heterocycles. The molecule has 0 radical (unpaired) electrons. The number of esters is 1. The molecule has 0 aliphatic carbocycles. The van der Waals surface area contributed by atoms with Crippen LogP contribution in [0.2, 0.25) is 0 Å². The van der Waals surface area contributed by atoms with Gasteiger partial charge in [-0.15, -0.1) is 0 Å². The Morgan fingerprint density at radius 1 is 1.16 bits per heavy atom. The topological polar surface area (TPSA) is 68.6 Å². The van der Waals surface area contributed by atoms with Crippen LogP contribution in [0, 0.1) is 6.92 Å². The zero-order valence-corrected chi connectivity index (χ0v) is 19.1. The van der Waals surface area contributed by atoms with Crippen LogP contribution in [0.25, 0.3) is 5.69 Å². The van der Waals surface area contributed by atoms with Gasteiger partial charge in [-0.25, -0.2) is 0 Å². The number of pyridine rings is 1. The van der Waals surface area contributed by atoms with Crippen molar-refractivity contribution in [3.8, 4) is 11.4 Å². The second-order valence-corrected chi connectivity index (χ2v) is 7.88. The van der Waals surface area contributed by atoms with Gasteiger partial charge in [-0.1, -0.05) is 6.07 Å². The molecule has 1 aliphatic rings. The van der Waals surface area contributed by atoms with Gasteiger partial charge in [0.05, 0.1) is 31.5 Å². The molecule has 1 aromatic carbocycles. The summed E-state index contributed by atoms with van der Waals surface area (Å²) in [7, 11) is 1.65. The zero-order chi connectivity index (χ0) is 22.7. The van der Waals surface area contributed by atoms with E-state index in [4.69, 9.17) is 21.7 Å². The Morgan fingerprint density at radius 2 is 1.94 bits per heavy atom. The van der Waals surface area contributed by atoms with Gasteiger partial charge >= 0.3 is 5.97 Å². The lowest BCUT2D eigenvalue weighted by Gasteiger charge is -2.28. The summed E-state index contributed by atoms with van der Waals surface area (Å²) in [5.41, 5.74) is 3.92. The van der Waals surface area contributed by atoms with Crippen LogP contribution in [-0.2, 0) is 9.53 Å². The monoisotopic (exact) mass is 450 g/mol. The van der Waals surface area contributed by atoms with Gasteiger partial charge in [0.2, 0.25) is 0 Å². The quantitative estimate of drug-likeness (QED) is 0.435. The van der Waals surface area contributed by atoms with E-state index in [1.54, 1.807) is 20.2 Å². The van der Waals surface area contributed by atoms with E-state index in [0.29, 0.717) is 11.7 Å². The molecule has 7 nitrogen and oxygen atoms in total. The van der Waals surface area contributed by atoms with Gasteiger partial charge in [0.1, 0.15) is 12.3 Å². The fourth-order valence-corrected chi connectivity index (χ4v) is 4.42. The maximum absolute atomic E-state index is 12.4. The van der Waals surface area contributed by atoms with E-state index in [9.17, 15) is 4.79 Å². The summed E-state index contributed by atoms with van der Waals surface area (Å²) in [6.45, 7) is 4.23. The Balaban J connectivity index is 1.80. The number of nitrogens with one attached hydrogen (secondary N) is 1. The summed E-state index contributed by atoms with van der Waals surface area (Å²) in [4.78, 5) is 18.9. The predicted octanol–water partition coefficient (Wildman–Crippen LogP) is 3.72. The smallest absolute Gasteiger partial charge is 0.325 e. The van der Waals surface area contributed by atoms with Crippen molar-refractivity contribution in [2.24, 2.45) is 0 Å². The highest BCUT2D eigenvalue weighted by Gasteiger charge is 2.42. The molecule has 0 amide bonds. The summed E-state index contributed by atoms with van der Waals surface area (Å²) in [5, 5.41) is 3.88. The number of aryl methyl sites for hydroxylation is 1. The van der Waals surface area contributed by atoms with Crippen LogP contribution in [-0.4, -0.2) is 45.8 Å². The fraction of sp³-hybridized carbons (Fsp3) is 0.292. The number of hydrogen-bond acceptors (Lipinski definition) is 5. The van der Waals surface area contributed by atoms with Crippen molar-refractivity contribution >= 4 is 23.3 Å². The average Bonchev–Trinajstić information content (AvgIpc) is 3.34. The molecule has 0 bridgehead atoms. The highest BCUT2D eigenvalue weighted by atomic mass is 32.1. The third kappa shape index (κ3) is 4.18. The Bertz CT molecular complexity index is 1100. The van der Waals surface area contributed by atoms with Crippen molar-refractivity contribution in [2.75, 3.05) is 20.3 Å².